The van der Waals surface area contributed by atoms with Crippen LogP contribution in [0.3, 0.4) is 0 Å². The van der Waals surface area contributed by atoms with Gasteiger partial charge >= 0.3 is 0 Å². The number of anilines is 1. The highest BCUT2D eigenvalue weighted by Crippen LogP contribution is 2.37. The second-order valence-corrected chi connectivity index (χ2v) is 7.83. The molecule has 4 rings (SSSR count). The van der Waals surface area contributed by atoms with Crippen molar-refractivity contribution >= 4 is 23.2 Å². The normalized spacial score (nSPS) is 12.6. The Hall–Kier alpha value is -4.43. The van der Waals surface area contributed by atoms with E-state index in [-0.39, 0.29) is 17.2 Å². The van der Waals surface area contributed by atoms with E-state index in [9.17, 15) is 20.0 Å². The van der Waals surface area contributed by atoms with Gasteiger partial charge in [-0.1, -0.05) is 41.9 Å². The maximum atomic E-state index is 12.8. The predicted molar refractivity (Wildman–Crippen MR) is 121 cm³/mol. The molecule has 0 aliphatic carbocycles. The standard InChI is InChI=1S/C22H18ClN7O4/c1-12(18(15-5-3-4-6-16(15)23)30-14(9-24)7-8-25-30)20-28-17(19(31)22(33)29(20)2)21(32)27-13-10-26-34-11-13/h3-8,10-12,18,31H,1-2H3,(H,27,32)/t12-,18+/m0/s1. The van der Waals surface area contributed by atoms with E-state index in [2.05, 4.69) is 31.1 Å². The summed E-state index contributed by atoms with van der Waals surface area (Å²) in [4.78, 5) is 29.9. The lowest BCUT2D eigenvalue weighted by Crippen LogP contribution is -2.31. The van der Waals surface area contributed by atoms with Crippen LogP contribution in [0.1, 0.15) is 46.5 Å². The summed E-state index contributed by atoms with van der Waals surface area (Å²) in [5.74, 6) is -2.08. The third-order valence-corrected chi connectivity index (χ3v) is 5.70. The van der Waals surface area contributed by atoms with Crippen molar-refractivity contribution in [2.45, 2.75) is 18.9 Å². The van der Waals surface area contributed by atoms with E-state index >= 15 is 0 Å². The van der Waals surface area contributed by atoms with Crippen molar-refractivity contribution in [1.29, 1.82) is 5.26 Å². The Labute approximate surface area is 197 Å². The Morgan fingerprint density at radius 1 is 1.32 bits per heavy atom. The molecule has 2 N–H and O–H groups in total. The molecule has 0 aliphatic heterocycles. The van der Waals surface area contributed by atoms with Crippen LogP contribution >= 0.6 is 11.6 Å². The third-order valence-electron chi connectivity index (χ3n) is 5.36. The van der Waals surface area contributed by atoms with E-state index in [1.54, 1.807) is 37.3 Å². The van der Waals surface area contributed by atoms with E-state index in [1.165, 1.54) is 30.4 Å². The van der Waals surface area contributed by atoms with Crippen LogP contribution in [0.15, 0.2) is 58.3 Å². The topological polar surface area (TPSA) is 152 Å². The maximum Gasteiger partial charge on any atom is 0.296 e. The van der Waals surface area contributed by atoms with Crippen LogP contribution in [-0.2, 0) is 7.05 Å². The molecule has 12 heteroatoms. The Morgan fingerprint density at radius 3 is 2.76 bits per heavy atom. The second-order valence-electron chi connectivity index (χ2n) is 7.43. The molecule has 0 spiro atoms. The van der Waals surface area contributed by atoms with Crippen molar-refractivity contribution in [3.63, 3.8) is 0 Å². The molecule has 3 heterocycles. The van der Waals surface area contributed by atoms with Crippen molar-refractivity contribution in [2.24, 2.45) is 7.05 Å². The minimum atomic E-state index is -0.821. The molecule has 1 aromatic carbocycles. The summed E-state index contributed by atoms with van der Waals surface area (Å²) >= 11 is 6.49. The number of carbonyl (C=O) groups is 1. The lowest BCUT2D eigenvalue weighted by atomic mass is 9.93. The van der Waals surface area contributed by atoms with Gasteiger partial charge in [0.15, 0.2) is 5.69 Å². The van der Waals surface area contributed by atoms with E-state index in [1.807, 2.05) is 0 Å². The van der Waals surface area contributed by atoms with E-state index in [4.69, 9.17) is 11.6 Å². The minimum Gasteiger partial charge on any atom is -0.501 e. The number of rotatable bonds is 6. The molecule has 11 nitrogen and oxygen atoms in total. The summed E-state index contributed by atoms with van der Waals surface area (Å²) in [7, 11) is 1.43. The minimum absolute atomic E-state index is 0.169. The highest BCUT2D eigenvalue weighted by Gasteiger charge is 2.32. The van der Waals surface area contributed by atoms with Gasteiger partial charge in [0.05, 0.1) is 18.4 Å². The monoisotopic (exact) mass is 479 g/mol. The number of carbonyl (C=O) groups excluding carboxylic acids is 1. The molecule has 0 radical (unpaired) electrons. The van der Waals surface area contributed by atoms with Crippen LogP contribution in [-0.4, -0.2) is 35.5 Å². The molecule has 0 unspecified atom stereocenters. The highest BCUT2D eigenvalue weighted by atomic mass is 35.5. The summed E-state index contributed by atoms with van der Waals surface area (Å²) in [6.07, 6.45) is 3.93. The number of nitrogens with zero attached hydrogens (tertiary/aromatic N) is 6. The molecule has 172 valence electrons. The lowest BCUT2D eigenvalue weighted by molar-refractivity contribution is 0.101. The van der Waals surface area contributed by atoms with Crippen molar-refractivity contribution < 1.29 is 14.4 Å². The molecule has 34 heavy (non-hydrogen) atoms. The molecular weight excluding hydrogens is 462 g/mol. The Balaban J connectivity index is 1.86. The number of hydrogen-bond acceptors (Lipinski definition) is 8. The molecule has 0 bridgehead atoms. The summed E-state index contributed by atoms with van der Waals surface area (Å²) in [5, 5.41) is 30.6. The van der Waals surface area contributed by atoms with Gasteiger partial charge in [0.1, 0.15) is 29.5 Å². The van der Waals surface area contributed by atoms with Crippen molar-refractivity contribution in [3.8, 4) is 11.8 Å². The maximum absolute atomic E-state index is 12.8. The molecule has 0 fully saturated rings. The Bertz CT molecular complexity index is 1450. The first-order valence-corrected chi connectivity index (χ1v) is 10.4. The zero-order chi connectivity index (χ0) is 24.4. The van der Waals surface area contributed by atoms with Crippen LogP contribution in [0.2, 0.25) is 5.02 Å². The summed E-state index contributed by atoms with van der Waals surface area (Å²) in [5.41, 5.74) is -0.150. The number of nitrogens with one attached hydrogen (secondary N) is 1. The highest BCUT2D eigenvalue weighted by molar-refractivity contribution is 6.31. The average molecular weight is 480 g/mol. The second kappa shape index (κ2) is 9.21. The molecule has 0 saturated heterocycles. The van der Waals surface area contributed by atoms with Gasteiger partial charge in [0.2, 0.25) is 5.75 Å². The van der Waals surface area contributed by atoms with Gasteiger partial charge in [-0.15, -0.1) is 0 Å². The zero-order valence-electron chi connectivity index (χ0n) is 18.0. The fraction of sp³-hybridized carbons (Fsp3) is 0.182. The first kappa shape index (κ1) is 22.8. The van der Waals surface area contributed by atoms with E-state index < -0.39 is 34.9 Å². The summed E-state index contributed by atoms with van der Waals surface area (Å²) in [6, 6.07) is 10.0. The van der Waals surface area contributed by atoms with Gasteiger partial charge < -0.3 is 14.9 Å². The number of amides is 1. The van der Waals surface area contributed by atoms with Gasteiger partial charge in [-0.2, -0.15) is 10.4 Å². The van der Waals surface area contributed by atoms with Gasteiger partial charge in [0, 0.05) is 18.0 Å². The van der Waals surface area contributed by atoms with Crippen LogP contribution in [0.4, 0.5) is 5.69 Å². The number of nitriles is 1. The molecule has 3 aromatic heterocycles. The number of aromatic nitrogens is 5. The summed E-state index contributed by atoms with van der Waals surface area (Å²) < 4.78 is 7.32. The van der Waals surface area contributed by atoms with Gasteiger partial charge in [-0.25, -0.2) is 9.67 Å². The van der Waals surface area contributed by atoms with Crippen LogP contribution in [0.25, 0.3) is 0 Å². The first-order valence-electron chi connectivity index (χ1n) is 10.0. The van der Waals surface area contributed by atoms with Gasteiger partial charge in [-0.3, -0.25) is 14.2 Å². The molecule has 0 aliphatic rings. The summed E-state index contributed by atoms with van der Waals surface area (Å²) in [6.45, 7) is 1.76. The van der Waals surface area contributed by atoms with Crippen molar-refractivity contribution in [1.82, 2.24) is 24.5 Å². The number of hydrogen-bond donors (Lipinski definition) is 2. The van der Waals surface area contributed by atoms with E-state index in [0.29, 0.717) is 10.6 Å². The zero-order valence-corrected chi connectivity index (χ0v) is 18.8. The molecule has 4 aromatic rings. The van der Waals surface area contributed by atoms with E-state index in [0.717, 1.165) is 4.57 Å². The Morgan fingerprint density at radius 2 is 2.09 bits per heavy atom. The SMILES string of the molecule is C[C@H](c1nc(C(=O)Nc2cnoc2)c(O)c(=O)n1C)[C@H](c1ccccc1Cl)n1nccc1C#N. The van der Waals surface area contributed by atoms with Gasteiger partial charge in [0.25, 0.3) is 11.5 Å². The van der Waals surface area contributed by atoms with Crippen molar-refractivity contribution in [2.75, 3.05) is 5.32 Å². The van der Waals surface area contributed by atoms with Crippen LogP contribution in [0.5, 0.6) is 5.75 Å². The largest absolute Gasteiger partial charge is 0.501 e. The smallest absolute Gasteiger partial charge is 0.296 e. The first-order chi connectivity index (χ1) is 16.3. The molecule has 1 amide bonds. The van der Waals surface area contributed by atoms with Crippen LogP contribution < -0.4 is 10.9 Å². The molecule has 2 atom stereocenters. The Kier molecular flexibility index (Phi) is 6.16. The number of benzene rings is 1. The molecule has 0 saturated carbocycles. The van der Waals surface area contributed by atoms with Gasteiger partial charge in [-0.05, 0) is 17.7 Å². The van der Waals surface area contributed by atoms with Crippen LogP contribution in [0, 0.1) is 11.3 Å². The predicted octanol–water partition coefficient (Wildman–Crippen LogP) is 2.84. The quantitative estimate of drug-likeness (QED) is 0.428. The third kappa shape index (κ3) is 4.02. The fourth-order valence-electron chi connectivity index (χ4n) is 3.72. The molecular formula is C22H18ClN7O4. The number of aromatic hydroxyl groups is 1. The van der Waals surface area contributed by atoms with Crippen molar-refractivity contribution in [3.05, 3.63) is 87.1 Å². The number of halogens is 1. The fourth-order valence-corrected chi connectivity index (χ4v) is 3.97. The average Bonchev–Trinajstić information content (AvgIpc) is 3.51. The lowest BCUT2D eigenvalue weighted by Gasteiger charge is -2.27.